The SMILES string of the molecule is CC1=C(C)C(=O)O[C@@H]([C@@H](C)[C@H]2CC[C@H]3[C@@H]4C[C@H]5O[C@@]56C(C(=O)CC[C@@H]6O)[C@H]4CC[C@]23C)C1. The number of rotatable bonds is 2. The number of carbonyl (C=O) groups is 2. The highest BCUT2D eigenvalue weighted by Gasteiger charge is 2.75. The molecule has 6 aliphatic rings. The molecule has 5 fully saturated rings. The van der Waals surface area contributed by atoms with Gasteiger partial charge in [-0.05, 0) is 87.4 Å². The van der Waals surface area contributed by atoms with Crippen molar-refractivity contribution in [3.05, 3.63) is 11.1 Å². The Labute approximate surface area is 191 Å². The molecule has 1 unspecified atom stereocenters. The molecule has 0 radical (unpaired) electrons. The van der Waals surface area contributed by atoms with E-state index < -0.39 is 11.7 Å². The Balaban J connectivity index is 1.25. The number of epoxide rings is 1. The predicted molar refractivity (Wildman–Crippen MR) is 119 cm³/mol. The van der Waals surface area contributed by atoms with Gasteiger partial charge in [-0.25, -0.2) is 4.79 Å². The van der Waals surface area contributed by atoms with Crippen LogP contribution in [0.3, 0.4) is 0 Å². The van der Waals surface area contributed by atoms with E-state index in [1.807, 2.05) is 6.92 Å². The van der Waals surface area contributed by atoms with Gasteiger partial charge in [-0.1, -0.05) is 19.4 Å². The summed E-state index contributed by atoms with van der Waals surface area (Å²) >= 11 is 0. The third kappa shape index (κ3) is 2.64. The average Bonchev–Trinajstić information content (AvgIpc) is 3.38. The highest BCUT2D eigenvalue weighted by molar-refractivity contribution is 5.89. The first kappa shape index (κ1) is 21.3. The fourth-order valence-electron chi connectivity index (χ4n) is 9.37. The molecule has 1 N–H and O–H groups in total. The van der Waals surface area contributed by atoms with E-state index >= 15 is 0 Å². The maximum absolute atomic E-state index is 13.1. The van der Waals surface area contributed by atoms with Crippen LogP contribution in [0.25, 0.3) is 0 Å². The lowest BCUT2D eigenvalue weighted by Crippen LogP contribution is -2.58. The zero-order chi connectivity index (χ0) is 22.6. The van der Waals surface area contributed by atoms with Crippen LogP contribution in [0.1, 0.15) is 79.1 Å². The number of hydrogen-bond donors (Lipinski definition) is 1. The van der Waals surface area contributed by atoms with Gasteiger partial charge < -0.3 is 14.6 Å². The number of aliphatic hydroxyl groups excluding tert-OH is 1. The maximum Gasteiger partial charge on any atom is 0.333 e. The fourth-order valence-corrected chi connectivity index (χ4v) is 9.37. The molecular weight excluding hydrogens is 404 g/mol. The van der Waals surface area contributed by atoms with Gasteiger partial charge >= 0.3 is 5.97 Å². The number of Topliss-reactive ketones (excluding diaryl/α,β-unsaturated/α-hetero) is 1. The van der Waals surface area contributed by atoms with E-state index in [-0.39, 0.29) is 29.5 Å². The Morgan fingerprint density at radius 3 is 2.62 bits per heavy atom. The fraction of sp³-hybridized carbons (Fsp3) is 0.852. The zero-order valence-corrected chi connectivity index (χ0v) is 19.9. The van der Waals surface area contributed by atoms with Crippen LogP contribution in [0.15, 0.2) is 11.1 Å². The van der Waals surface area contributed by atoms with E-state index in [2.05, 4.69) is 20.8 Å². The second-order valence-electron chi connectivity index (χ2n) is 12.3. The van der Waals surface area contributed by atoms with Crippen LogP contribution in [-0.4, -0.2) is 40.8 Å². The molecule has 6 rings (SSSR count). The number of esters is 1. The molecule has 0 aromatic carbocycles. The molecule has 4 saturated carbocycles. The topological polar surface area (TPSA) is 76.1 Å². The largest absolute Gasteiger partial charge is 0.458 e. The van der Waals surface area contributed by atoms with Gasteiger partial charge in [-0.3, -0.25) is 4.79 Å². The molecule has 32 heavy (non-hydrogen) atoms. The molecule has 4 aliphatic carbocycles. The molecular formula is C27H38O5. The molecule has 0 bridgehead atoms. The zero-order valence-electron chi connectivity index (χ0n) is 19.9. The summed E-state index contributed by atoms with van der Waals surface area (Å²) in [5.74, 6) is 2.46. The molecule has 11 atom stereocenters. The van der Waals surface area contributed by atoms with Crippen molar-refractivity contribution in [3.63, 3.8) is 0 Å². The third-order valence-electron chi connectivity index (χ3n) is 11.2. The monoisotopic (exact) mass is 442 g/mol. The summed E-state index contributed by atoms with van der Waals surface area (Å²) in [5, 5.41) is 10.7. The van der Waals surface area contributed by atoms with Crippen LogP contribution in [-0.2, 0) is 19.1 Å². The van der Waals surface area contributed by atoms with Crippen molar-refractivity contribution in [2.45, 2.75) is 103 Å². The predicted octanol–water partition coefficient (Wildman–Crippen LogP) is 4.21. The van der Waals surface area contributed by atoms with Crippen molar-refractivity contribution in [2.24, 2.45) is 40.9 Å². The van der Waals surface area contributed by atoms with E-state index in [4.69, 9.17) is 9.47 Å². The Morgan fingerprint density at radius 2 is 1.88 bits per heavy atom. The smallest absolute Gasteiger partial charge is 0.333 e. The molecule has 2 heterocycles. The van der Waals surface area contributed by atoms with Crippen LogP contribution < -0.4 is 0 Å². The summed E-state index contributed by atoms with van der Waals surface area (Å²) in [6.45, 7) is 8.72. The molecule has 1 saturated heterocycles. The molecule has 0 aromatic rings. The first-order chi connectivity index (χ1) is 15.2. The maximum atomic E-state index is 13.1. The minimum atomic E-state index is -0.548. The highest BCUT2D eigenvalue weighted by atomic mass is 16.6. The van der Waals surface area contributed by atoms with E-state index in [0.29, 0.717) is 48.2 Å². The normalized spacial score (nSPS) is 53.0. The molecule has 0 aromatic heterocycles. The molecule has 5 heteroatoms. The minimum absolute atomic E-state index is 0.0228. The number of fused-ring (bicyclic) bond motifs is 4. The number of carbonyl (C=O) groups excluding carboxylic acids is 2. The van der Waals surface area contributed by atoms with Crippen LogP contribution in [0.4, 0.5) is 0 Å². The number of ether oxygens (including phenoxy) is 2. The van der Waals surface area contributed by atoms with Gasteiger partial charge in [-0.15, -0.1) is 0 Å². The molecule has 0 amide bonds. The van der Waals surface area contributed by atoms with Gasteiger partial charge in [0.15, 0.2) is 0 Å². The van der Waals surface area contributed by atoms with Crippen LogP contribution >= 0.6 is 0 Å². The van der Waals surface area contributed by atoms with Crippen molar-refractivity contribution in [1.29, 1.82) is 0 Å². The number of cyclic esters (lactones) is 1. The first-order valence-corrected chi connectivity index (χ1v) is 12.9. The van der Waals surface area contributed by atoms with Gasteiger partial charge in [0.1, 0.15) is 17.5 Å². The molecule has 1 spiro atoms. The quantitative estimate of drug-likeness (QED) is 0.512. The Morgan fingerprint density at radius 1 is 1.09 bits per heavy atom. The van der Waals surface area contributed by atoms with Crippen molar-refractivity contribution < 1.29 is 24.2 Å². The van der Waals surface area contributed by atoms with Gasteiger partial charge in [0.25, 0.3) is 0 Å². The van der Waals surface area contributed by atoms with E-state index in [9.17, 15) is 14.7 Å². The van der Waals surface area contributed by atoms with Crippen LogP contribution in [0, 0.1) is 40.9 Å². The van der Waals surface area contributed by atoms with Crippen LogP contribution in [0.2, 0.25) is 0 Å². The standard InChI is InChI=1S/C27H38O5/c1-13-11-21(31-25(30)14(13)2)15(3)18-5-6-19-17-12-23-27(32-23)22(29)8-7-20(28)24(27)16(17)9-10-26(18,19)4/h15-19,21-24,29H,5-12H2,1-4H3/t15-,16-,17+,18+,19-,21+,22-,23+,24?,26+,27+/m0/s1. The second-order valence-corrected chi connectivity index (χ2v) is 12.3. The summed E-state index contributed by atoms with van der Waals surface area (Å²) in [5.41, 5.74) is 1.62. The number of hydrogen-bond acceptors (Lipinski definition) is 5. The summed E-state index contributed by atoms with van der Waals surface area (Å²) < 4.78 is 12.1. The van der Waals surface area contributed by atoms with Crippen molar-refractivity contribution >= 4 is 11.8 Å². The molecule has 2 aliphatic heterocycles. The summed E-state index contributed by atoms with van der Waals surface area (Å²) in [6, 6.07) is 0. The van der Waals surface area contributed by atoms with E-state index in [1.165, 1.54) is 18.4 Å². The first-order valence-electron chi connectivity index (χ1n) is 12.9. The lowest BCUT2D eigenvalue weighted by Gasteiger charge is -2.55. The Kier molecular flexibility index (Phi) is 4.61. The van der Waals surface area contributed by atoms with Gasteiger partial charge in [-0.2, -0.15) is 0 Å². The summed E-state index contributed by atoms with van der Waals surface area (Å²) in [7, 11) is 0. The van der Waals surface area contributed by atoms with Gasteiger partial charge in [0.05, 0.1) is 18.1 Å². The second kappa shape index (κ2) is 6.91. The van der Waals surface area contributed by atoms with Crippen molar-refractivity contribution in [2.75, 3.05) is 0 Å². The summed E-state index contributed by atoms with van der Waals surface area (Å²) in [6.07, 6.45) is 7.08. The Bertz CT molecular complexity index is 892. The van der Waals surface area contributed by atoms with Gasteiger partial charge in [0.2, 0.25) is 0 Å². The van der Waals surface area contributed by atoms with Crippen molar-refractivity contribution in [3.8, 4) is 0 Å². The number of ketones is 1. The third-order valence-corrected chi connectivity index (χ3v) is 11.2. The highest BCUT2D eigenvalue weighted by Crippen LogP contribution is 2.69. The van der Waals surface area contributed by atoms with Crippen LogP contribution in [0.5, 0.6) is 0 Å². The lowest BCUT2D eigenvalue weighted by atomic mass is 9.48. The lowest BCUT2D eigenvalue weighted by molar-refractivity contribution is -0.152. The average molecular weight is 443 g/mol. The van der Waals surface area contributed by atoms with Gasteiger partial charge in [0, 0.05) is 18.4 Å². The van der Waals surface area contributed by atoms with Crippen molar-refractivity contribution in [1.82, 2.24) is 0 Å². The minimum Gasteiger partial charge on any atom is -0.458 e. The van der Waals surface area contributed by atoms with E-state index in [0.717, 1.165) is 31.3 Å². The summed E-state index contributed by atoms with van der Waals surface area (Å²) in [4.78, 5) is 25.4. The molecule has 176 valence electrons. The Hall–Kier alpha value is -1.20. The molecule has 5 nitrogen and oxygen atoms in total. The number of aliphatic hydroxyl groups is 1. The van der Waals surface area contributed by atoms with E-state index in [1.54, 1.807) is 0 Å².